The van der Waals surface area contributed by atoms with Gasteiger partial charge in [-0.2, -0.15) is 10.4 Å². The average Bonchev–Trinajstić information content (AvgIpc) is 2.75. The van der Waals surface area contributed by atoms with Gasteiger partial charge < -0.3 is 5.73 Å². The highest BCUT2D eigenvalue weighted by Crippen LogP contribution is 2.24. The summed E-state index contributed by atoms with van der Waals surface area (Å²) in [5, 5.41) is 14.0. The van der Waals surface area contributed by atoms with Crippen LogP contribution in [0.3, 0.4) is 0 Å². The van der Waals surface area contributed by atoms with Crippen molar-refractivity contribution >= 4 is 28.5 Å². The van der Waals surface area contributed by atoms with Crippen molar-refractivity contribution in [1.82, 2.24) is 14.8 Å². The van der Waals surface area contributed by atoms with Crippen LogP contribution < -0.4 is 5.73 Å². The number of benzene rings is 1. The van der Waals surface area contributed by atoms with E-state index < -0.39 is 0 Å². The van der Waals surface area contributed by atoms with Crippen molar-refractivity contribution in [3.8, 4) is 6.07 Å². The van der Waals surface area contributed by atoms with Crippen LogP contribution in [-0.4, -0.2) is 14.8 Å². The Balaban J connectivity index is 2.13. The molecule has 2 N–H and O–H groups in total. The largest absolute Gasteiger partial charge is 0.382 e. The maximum atomic E-state index is 8.97. The lowest BCUT2D eigenvalue weighted by atomic mass is 10.2. The van der Waals surface area contributed by atoms with E-state index in [1.165, 1.54) is 0 Å². The summed E-state index contributed by atoms with van der Waals surface area (Å²) in [6.07, 6.45) is 0. The molecule has 98 valence electrons. The molecule has 0 unspecified atom stereocenters. The molecule has 0 radical (unpaired) electrons. The lowest BCUT2D eigenvalue weighted by Gasteiger charge is -2.03. The number of hydrogen-bond donors (Lipinski definition) is 1. The van der Waals surface area contributed by atoms with Crippen LogP contribution in [0.15, 0.2) is 36.4 Å². The van der Waals surface area contributed by atoms with Crippen LogP contribution >= 0.6 is 11.6 Å². The Morgan fingerprint density at radius 1 is 1.30 bits per heavy atom. The van der Waals surface area contributed by atoms with Crippen molar-refractivity contribution in [1.29, 1.82) is 5.26 Å². The van der Waals surface area contributed by atoms with E-state index in [4.69, 9.17) is 22.6 Å². The van der Waals surface area contributed by atoms with Crippen LogP contribution in [-0.2, 0) is 6.54 Å². The smallest absolute Gasteiger partial charge is 0.162 e. The van der Waals surface area contributed by atoms with Gasteiger partial charge in [-0.05, 0) is 11.6 Å². The average molecular weight is 284 g/mol. The zero-order chi connectivity index (χ0) is 14.1. The summed E-state index contributed by atoms with van der Waals surface area (Å²) in [5.41, 5.74) is 7.84. The molecule has 6 heteroatoms. The van der Waals surface area contributed by atoms with E-state index in [0.717, 1.165) is 5.56 Å². The van der Waals surface area contributed by atoms with E-state index >= 15 is 0 Å². The maximum absolute atomic E-state index is 8.97. The number of pyridine rings is 1. The highest BCUT2D eigenvalue weighted by atomic mass is 35.5. The van der Waals surface area contributed by atoms with Crippen molar-refractivity contribution in [3.05, 3.63) is 52.7 Å². The summed E-state index contributed by atoms with van der Waals surface area (Å²) in [5.74, 6) is 0.344. The molecule has 0 aliphatic carbocycles. The molecule has 0 atom stereocenters. The second kappa shape index (κ2) is 4.83. The molecule has 3 rings (SSSR count). The Morgan fingerprint density at radius 3 is 2.75 bits per heavy atom. The maximum Gasteiger partial charge on any atom is 0.162 e. The van der Waals surface area contributed by atoms with E-state index in [-0.39, 0.29) is 5.15 Å². The summed E-state index contributed by atoms with van der Waals surface area (Å²) >= 11 is 5.97. The molecular formula is C14H10ClN5. The summed E-state index contributed by atoms with van der Waals surface area (Å²) in [6.45, 7) is 0.545. The molecule has 0 aliphatic heterocycles. The Kier molecular flexibility index (Phi) is 3.01. The van der Waals surface area contributed by atoms with Crippen LogP contribution in [0.4, 0.5) is 5.82 Å². The molecular weight excluding hydrogens is 274 g/mol. The predicted molar refractivity (Wildman–Crippen MR) is 77.2 cm³/mol. The van der Waals surface area contributed by atoms with Crippen LogP contribution in [0.2, 0.25) is 5.15 Å². The molecule has 2 heterocycles. The first kappa shape index (κ1) is 12.5. The monoisotopic (exact) mass is 283 g/mol. The summed E-state index contributed by atoms with van der Waals surface area (Å²) in [7, 11) is 0. The van der Waals surface area contributed by atoms with Gasteiger partial charge in [-0.25, -0.2) is 9.67 Å². The van der Waals surface area contributed by atoms with Gasteiger partial charge in [-0.3, -0.25) is 0 Å². The Labute approximate surface area is 120 Å². The van der Waals surface area contributed by atoms with Gasteiger partial charge in [0.2, 0.25) is 0 Å². The standard InChI is InChI=1S/C14H10ClN5/c15-12-10(7-16)6-11-13(17)19-20(14(11)18-12)8-9-4-2-1-3-5-9/h1-6H,8H2,(H2,17,19). The minimum Gasteiger partial charge on any atom is -0.382 e. The van der Waals surface area contributed by atoms with Gasteiger partial charge in [0.15, 0.2) is 11.5 Å². The van der Waals surface area contributed by atoms with Gasteiger partial charge in [0.25, 0.3) is 0 Å². The topological polar surface area (TPSA) is 80.5 Å². The first-order chi connectivity index (χ1) is 9.69. The molecule has 2 aromatic heterocycles. The molecule has 0 fully saturated rings. The first-order valence-electron chi connectivity index (χ1n) is 5.95. The van der Waals surface area contributed by atoms with Gasteiger partial charge >= 0.3 is 0 Å². The minimum atomic E-state index is 0.161. The molecule has 0 spiro atoms. The highest BCUT2D eigenvalue weighted by Gasteiger charge is 2.13. The van der Waals surface area contributed by atoms with Crippen LogP contribution in [0.1, 0.15) is 11.1 Å². The minimum absolute atomic E-state index is 0.161. The van der Waals surface area contributed by atoms with Gasteiger partial charge in [-0.1, -0.05) is 41.9 Å². The molecule has 3 aromatic rings. The third-order valence-electron chi connectivity index (χ3n) is 3.00. The quantitative estimate of drug-likeness (QED) is 0.733. The molecule has 0 saturated carbocycles. The third-order valence-corrected chi connectivity index (χ3v) is 3.29. The molecule has 0 bridgehead atoms. The molecule has 0 aliphatic rings. The summed E-state index contributed by atoms with van der Waals surface area (Å²) in [6, 6.07) is 13.5. The second-order valence-corrected chi connectivity index (χ2v) is 4.70. The number of hydrogen-bond acceptors (Lipinski definition) is 4. The molecule has 0 saturated heterocycles. The number of aromatic nitrogens is 3. The van der Waals surface area contributed by atoms with E-state index in [1.54, 1.807) is 10.7 Å². The van der Waals surface area contributed by atoms with Crippen molar-refractivity contribution in [2.45, 2.75) is 6.54 Å². The summed E-state index contributed by atoms with van der Waals surface area (Å²) < 4.78 is 1.69. The van der Waals surface area contributed by atoms with Gasteiger partial charge in [-0.15, -0.1) is 0 Å². The molecule has 20 heavy (non-hydrogen) atoms. The fourth-order valence-corrected chi connectivity index (χ4v) is 2.22. The van der Waals surface area contributed by atoms with Gasteiger partial charge in [0.1, 0.15) is 11.2 Å². The molecule has 5 nitrogen and oxygen atoms in total. The number of nitrogens with zero attached hydrogens (tertiary/aromatic N) is 4. The Hall–Kier alpha value is -2.58. The predicted octanol–water partition coefficient (Wildman–Crippen LogP) is 2.59. The normalized spacial score (nSPS) is 10.6. The number of anilines is 1. The van der Waals surface area contributed by atoms with E-state index in [9.17, 15) is 0 Å². The highest BCUT2D eigenvalue weighted by molar-refractivity contribution is 6.31. The second-order valence-electron chi connectivity index (χ2n) is 4.34. The Morgan fingerprint density at radius 2 is 2.05 bits per heavy atom. The number of nitrogens with two attached hydrogens (primary N) is 1. The number of fused-ring (bicyclic) bond motifs is 1. The van der Waals surface area contributed by atoms with E-state index in [1.807, 2.05) is 36.4 Å². The lowest BCUT2D eigenvalue weighted by molar-refractivity contribution is 0.708. The number of nitriles is 1. The zero-order valence-electron chi connectivity index (χ0n) is 10.4. The number of halogens is 1. The summed E-state index contributed by atoms with van der Waals surface area (Å²) in [4.78, 5) is 4.23. The van der Waals surface area contributed by atoms with Gasteiger partial charge in [0.05, 0.1) is 17.5 Å². The van der Waals surface area contributed by atoms with Gasteiger partial charge in [0, 0.05) is 0 Å². The van der Waals surface area contributed by atoms with E-state index in [2.05, 4.69) is 10.1 Å². The molecule has 0 amide bonds. The number of rotatable bonds is 2. The van der Waals surface area contributed by atoms with Crippen molar-refractivity contribution in [2.24, 2.45) is 0 Å². The fraction of sp³-hybridized carbons (Fsp3) is 0.0714. The first-order valence-corrected chi connectivity index (χ1v) is 6.33. The van der Waals surface area contributed by atoms with Crippen molar-refractivity contribution in [2.75, 3.05) is 5.73 Å². The lowest BCUT2D eigenvalue weighted by Crippen LogP contribution is -2.03. The van der Waals surface area contributed by atoms with Crippen LogP contribution in [0, 0.1) is 11.3 Å². The van der Waals surface area contributed by atoms with E-state index in [0.29, 0.717) is 29.0 Å². The van der Waals surface area contributed by atoms with Crippen molar-refractivity contribution in [3.63, 3.8) is 0 Å². The van der Waals surface area contributed by atoms with Crippen molar-refractivity contribution < 1.29 is 0 Å². The van der Waals surface area contributed by atoms with Crippen LogP contribution in [0.5, 0.6) is 0 Å². The zero-order valence-corrected chi connectivity index (χ0v) is 11.2. The van der Waals surface area contributed by atoms with Crippen LogP contribution in [0.25, 0.3) is 11.0 Å². The SMILES string of the molecule is N#Cc1cc2c(N)nn(Cc3ccccc3)c2nc1Cl. The number of nitrogen functional groups attached to an aromatic ring is 1. The fourth-order valence-electron chi connectivity index (χ4n) is 2.04. The Bertz CT molecular complexity index is 817. The third kappa shape index (κ3) is 2.06. The molecule has 1 aromatic carbocycles.